The highest BCUT2D eigenvalue weighted by atomic mass is 32.2. The van der Waals surface area contributed by atoms with Gasteiger partial charge in [-0.3, -0.25) is 0 Å². The summed E-state index contributed by atoms with van der Waals surface area (Å²) in [6.45, 7) is 18.6. The quantitative estimate of drug-likeness (QED) is 0.146. The molecule has 6 nitrogen and oxygen atoms in total. The average molecular weight is 655 g/mol. The summed E-state index contributed by atoms with van der Waals surface area (Å²) in [7, 11) is -4.88. The van der Waals surface area contributed by atoms with E-state index in [9.17, 15) is 17.4 Å². The Morgan fingerprint density at radius 2 is 0.978 bits per heavy atom. The van der Waals surface area contributed by atoms with E-state index in [1.807, 2.05) is 32.9 Å². The van der Waals surface area contributed by atoms with Crippen molar-refractivity contribution >= 4 is 21.0 Å². The van der Waals surface area contributed by atoms with Gasteiger partial charge in [-0.2, -0.15) is 0 Å². The van der Waals surface area contributed by atoms with Crippen molar-refractivity contribution in [1.29, 1.82) is 0 Å². The fourth-order valence-electron chi connectivity index (χ4n) is 4.06. The van der Waals surface area contributed by atoms with Crippen LogP contribution in [0.3, 0.4) is 0 Å². The van der Waals surface area contributed by atoms with Crippen LogP contribution >= 0.6 is 0 Å². The number of hydrogen-bond donors (Lipinski definition) is 0. The van der Waals surface area contributed by atoms with Crippen molar-refractivity contribution in [1.82, 2.24) is 0 Å². The van der Waals surface area contributed by atoms with Crippen molar-refractivity contribution in [2.24, 2.45) is 0 Å². The second-order valence-corrected chi connectivity index (χ2v) is 16.6. The van der Waals surface area contributed by atoms with Gasteiger partial charge in [-0.05, 0) is 111 Å². The molecule has 0 aliphatic heterocycles. The topological polar surface area (TPSA) is 84.9 Å². The molecule has 0 unspecified atom stereocenters. The Morgan fingerprint density at radius 1 is 0.600 bits per heavy atom. The molecule has 0 N–H and O–H groups in total. The standard InChI is InChI=1S/C30H39O3S.C6H5FO3S/c1-28(2,3)31-22-20-25(32-29(4,5)6)27(26(21-22)33-30(7,8)9)34(23-16-12-10-13-17-23)24-18-14-11-15-19-24;7-5-1-3-6(4-2-5)11(8,9)10/h10-21H,1-9H3;1-4H,(H,8,9,10)/q+1;/p-1. The molecule has 9 heteroatoms. The molecule has 0 saturated carbocycles. The van der Waals surface area contributed by atoms with Gasteiger partial charge < -0.3 is 18.8 Å². The zero-order chi connectivity index (χ0) is 33.6. The van der Waals surface area contributed by atoms with Crippen molar-refractivity contribution < 1.29 is 31.6 Å². The van der Waals surface area contributed by atoms with E-state index in [1.54, 1.807) is 0 Å². The summed E-state index contributed by atoms with van der Waals surface area (Å²) >= 11 is 0. The molecule has 4 aromatic carbocycles. The largest absolute Gasteiger partial charge is 0.744 e. The monoisotopic (exact) mass is 654 g/mol. The molecular formula is C36H43FO6S2. The van der Waals surface area contributed by atoms with Gasteiger partial charge in [0.15, 0.2) is 21.3 Å². The summed E-state index contributed by atoms with van der Waals surface area (Å²) in [5.74, 6) is 1.73. The van der Waals surface area contributed by atoms with Crippen LogP contribution in [0.2, 0.25) is 0 Å². The lowest BCUT2D eigenvalue weighted by atomic mass is 10.1. The van der Waals surface area contributed by atoms with Gasteiger partial charge in [0.25, 0.3) is 0 Å². The minimum atomic E-state index is -4.44. The minimum Gasteiger partial charge on any atom is -0.744 e. The van der Waals surface area contributed by atoms with E-state index < -0.39 is 42.9 Å². The first-order valence-electron chi connectivity index (χ1n) is 14.5. The molecule has 0 atom stereocenters. The molecule has 4 rings (SSSR count). The Bertz CT molecular complexity index is 1560. The first kappa shape index (κ1) is 35.9. The third-order valence-electron chi connectivity index (χ3n) is 5.51. The molecule has 0 aliphatic carbocycles. The second-order valence-electron chi connectivity index (χ2n) is 13.2. The van der Waals surface area contributed by atoms with Gasteiger partial charge >= 0.3 is 0 Å². The van der Waals surface area contributed by atoms with Crippen LogP contribution in [0.25, 0.3) is 0 Å². The highest BCUT2D eigenvalue weighted by Gasteiger charge is 2.39. The lowest BCUT2D eigenvalue weighted by Gasteiger charge is -2.28. The summed E-state index contributed by atoms with van der Waals surface area (Å²) in [4.78, 5) is 3.02. The van der Waals surface area contributed by atoms with Crippen molar-refractivity contribution in [2.45, 2.75) is 98.7 Å². The molecular weight excluding hydrogens is 612 g/mol. The zero-order valence-corrected chi connectivity index (χ0v) is 29.0. The number of benzene rings is 4. The van der Waals surface area contributed by atoms with Crippen LogP contribution in [0.15, 0.2) is 117 Å². The van der Waals surface area contributed by atoms with Crippen molar-refractivity contribution in [2.75, 3.05) is 0 Å². The fourth-order valence-corrected chi connectivity index (χ4v) is 6.74. The predicted octanol–water partition coefficient (Wildman–Crippen LogP) is 9.04. The summed E-state index contributed by atoms with van der Waals surface area (Å²) < 4.78 is 62.5. The first-order chi connectivity index (χ1) is 20.7. The van der Waals surface area contributed by atoms with Gasteiger partial charge in [-0.25, -0.2) is 12.8 Å². The molecule has 0 saturated heterocycles. The molecule has 0 spiro atoms. The first-order valence-corrected chi connectivity index (χ1v) is 17.2. The Labute approximate surface area is 270 Å². The summed E-state index contributed by atoms with van der Waals surface area (Å²) in [5.41, 5.74) is -1.13. The highest BCUT2D eigenvalue weighted by Crippen LogP contribution is 2.47. The molecule has 0 aliphatic rings. The van der Waals surface area contributed by atoms with Crippen LogP contribution in [0, 0.1) is 5.82 Å². The molecule has 0 aromatic heterocycles. The normalized spacial score (nSPS) is 12.3. The molecule has 4 aromatic rings. The van der Waals surface area contributed by atoms with Gasteiger partial charge in [0.05, 0.1) is 4.90 Å². The van der Waals surface area contributed by atoms with Gasteiger partial charge in [-0.1, -0.05) is 36.4 Å². The predicted molar refractivity (Wildman–Crippen MR) is 177 cm³/mol. The van der Waals surface area contributed by atoms with Crippen LogP contribution in [0.5, 0.6) is 17.2 Å². The number of ether oxygens (including phenoxy) is 3. The van der Waals surface area contributed by atoms with E-state index in [0.29, 0.717) is 0 Å². The average Bonchev–Trinajstić information content (AvgIpc) is 2.89. The van der Waals surface area contributed by atoms with E-state index in [4.69, 9.17) is 14.2 Å². The van der Waals surface area contributed by atoms with Crippen LogP contribution in [-0.2, 0) is 21.0 Å². The lowest BCUT2D eigenvalue weighted by Crippen LogP contribution is -2.27. The van der Waals surface area contributed by atoms with Crippen LogP contribution < -0.4 is 14.2 Å². The number of rotatable bonds is 7. The summed E-state index contributed by atoms with van der Waals surface area (Å²) in [6, 6.07) is 28.9. The summed E-state index contributed by atoms with van der Waals surface area (Å²) in [5, 5.41) is 0. The Balaban J connectivity index is 0.000000423. The third-order valence-corrected chi connectivity index (χ3v) is 8.66. The minimum absolute atomic E-state index is 0.347. The van der Waals surface area contributed by atoms with Crippen molar-refractivity contribution in [3.63, 3.8) is 0 Å². The van der Waals surface area contributed by atoms with Crippen molar-refractivity contribution in [3.05, 3.63) is 103 Å². The maximum absolute atomic E-state index is 12.2. The maximum Gasteiger partial charge on any atom is 0.250 e. The molecule has 0 heterocycles. The second kappa shape index (κ2) is 14.3. The van der Waals surface area contributed by atoms with E-state index in [-0.39, 0.29) is 5.60 Å². The zero-order valence-electron chi connectivity index (χ0n) is 27.4. The van der Waals surface area contributed by atoms with E-state index >= 15 is 0 Å². The maximum atomic E-state index is 12.2. The molecule has 45 heavy (non-hydrogen) atoms. The SMILES string of the molecule is CC(C)(C)Oc1cc(OC(C)(C)C)c([S+](c2ccccc2)c2ccccc2)c(OC(C)(C)C)c1.O=S(=O)([O-])c1ccc(F)cc1. The number of halogens is 1. The van der Waals surface area contributed by atoms with Crippen molar-refractivity contribution in [3.8, 4) is 17.2 Å². The highest BCUT2D eigenvalue weighted by molar-refractivity contribution is 7.97. The molecule has 0 fully saturated rings. The lowest BCUT2D eigenvalue weighted by molar-refractivity contribution is 0.105. The van der Waals surface area contributed by atoms with Gasteiger partial charge in [0.2, 0.25) is 4.90 Å². The Hall–Kier alpha value is -3.53. The summed E-state index contributed by atoms with van der Waals surface area (Å²) in [6.07, 6.45) is 0. The third kappa shape index (κ3) is 11.7. The molecule has 0 bridgehead atoms. The number of hydrogen-bond acceptors (Lipinski definition) is 6. The molecule has 0 amide bonds. The molecule has 0 radical (unpaired) electrons. The van der Waals surface area contributed by atoms with Crippen LogP contribution in [0.4, 0.5) is 4.39 Å². The van der Waals surface area contributed by atoms with Gasteiger partial charge in [0.1, 0.15) is 49.4 Å². The smallest absolute Gasteiger partial charge is 0.250 e. The van der Waals surface area contributed by atoms with E-state index in [0.717, 1.165) is 46.4 Å². The Morgan fingerprint density at radius 3 is 1.31 bits per heavy atom. The van der Waals surface area contributed by atoms with Crippen LogP contribution in [-0.4, -0.2) is 29.8 Å². The fraction of sp³-hybridized carbons (Fsp3) is 0.333. The Kier molecular flexibility index (Phi) is 11.4. The molecule has 242 valence electrons. The van der Waals surface area contributed by atoms with Crippen LogP contribution in [0.1, 0.15) is 62.3 Å². The van der Waals surface area contributed by atoms with Gasteiger partial charge in [0, 0.05) is 12.1 Å². The van der Waals surface area contributed by atoms with Gasteiger partial charge in [-0.15, -0.1) is 0 Å². The van der Waals surface area contributed by atoms with E-state index in [2.05, 4.69) is 102 Å². The van der Waals surface area contributed by atoms with E-state index in [1.165, 1.54) is 9.79 Å².